The molecule has 0 amide bonds. The second-order valence-corrected chi connectivity index (χ2v) is 7.76. The van der Waals surface area contributed by atoms with Crippen LogP contribution in [0.2, 0.25) is 0 Å². The minimum atomic E-state index is -4.45. The molecule has 1 atom stereocenters. The Bertz CT molecular complexity index is 855. The number of fused-ring (bicyclic) bond motifs is 1. The largest absolute Gasteiger partial charge is 0.598 e. The summed E-state index contributed by atoms with van der Waals surface area (Å²) >= 11 is 0. The van der Waals surface area contributed by atoms with Crippen LogP contribution in [-0.2, 0) is 27.3 Å². The van der Waals surface area contributed by atoms with Gasteiger partial charge in [0.15, 0.2) is 0 Å². The van der Waals surface area contributed by atoms with Crippen LogP contribution in [-0.4, -0.2) is 38.2 Å². The summed E-state index contributed by atoms with van der Waals surface area (Å²) in [7, 11) is -3.40. The van der Waals surface area contributed by atoms with Crippen molar-refractivity contribution in [3.8, 4) is 0 Å². The second-order valence-electron chi connectivity index (χ2n) is 5.78. The van der Waals surface area contributed by atoms with Crippen LogP contribution in [0.5, 0.6) is 0 Å². The van der Waals surface area contributed by atoms with Gasteiger partial charge in [-0.15, -0.1) is 4.31 Å². The molecular formula is C15H16F3N5O2S. The number of nitrogens with zero attached hydrogens (tertiary/aromatic N) is 3. The first-order chi connectivity index (χ1) is 12.1. The summed E-state index contributed by atoms with van der Waals surface area (Å²) in [5, 5.41) is 5.76. The van der Waals surface area contributed by atoms with Crippen molar-refractivity contribution in [1.82, 2.24) is 14.3 Å². The summed E-state index contributed by atoms with van der Waals surface area (Å²) < 4.78 is 63.3. The molecule has 1 aliphatic rings. The van der Waals surface area contributed by atoms with Crippen LogP contribution < -0.4 is 10.6 Å². The third-order valence-corrected chi connectivity index (χ3v) is 5.04. The van der Waals surface area contributed by atoms with Crippen molar-refractivity contribution in [2.75, 3.05) is 30.0 Å². The standard InChI is InChI=1S/C15H16F3N5O2S/c1-26(24,25)23-6-5-19-12-8-20-14(22-13(12)9-23)21-11-4-2-3-10(7-11)15(16,17)18/h2-4,7-8,19H,5-6,9H2,1H3,(H-,20,21,22,24,25). The summed E-state index contributed by atoms with van der Waals surface area (Å²) in [5.41, 5.74) is 0.423. The molecule has 7 nitrogen and oxygen atoms in total. The fourth-order valence-corrected chi connectivity index (χ4v) is 3.27. The van der Waals surface area contributed by atoms with E-state index in [1.165, 1.54) is 22.6 Å². The van der Waals surface area contributed by atoms with E-state index in [1.54, 1.807) is 0 Å². The van der Waals surface area contributed by atoms with Gasteiger partial charge >= 0.3 is 6.18 Å². The van der Waals surface area contributed by atoms with Crippen molar-refractivity contribution >= 4 is 27.7 Å². The number of nitrogens with one attached hydrogen (secondary N) is 2. The van der Waals surface area contributed by atoms with E-state index in [4.69, 9.17) is 0 Å². The molecule has 2 N–H and O–H groups in total. The zero-order valence-corrected chi connectivity index (χ0v) is 14.5. The van der Waals surface area contributed by atoms with Gasteiger partial charge in [0.25, 0.3) is 0 Å². The molecule has 11 heteroatoms. The lowest BCUT2D eigenvalue weighted by Gasteiger charge is -2.22. The molecule has 0 spiro atoms. The fraction of sp³-hybridized carbons (Fsp3) is 0.333. The monoisotopic (exact) mass is 387 g/mol. The molecule has 1 unspecified atom stereocenters. The highest BCUT2D eigenvalue weighted by atomic mass is 32.3. The molecule has 0 saturated heterocycles. The Balaban J connectivity index is 1.85. The first-order valence-corrected chi connectivity index (χ1v) is 9.47. The van der Waals surface area contributed by atoms with Crippen LogP contribution in [0.3, 0.4) is 0 Å². The van der Waals surface area contributed by atoms with E-state index in [2.05, 4.69) is 20.6 Å². The molecule has 2 heterocycles. The minimum absolute atomic E-state index is 0.0565. The maximum absolute atomic E-state index is 12.8. The number of sulfonamides is 1. The van der Waals surface area contributed by atoms with E-state index >= 15 is 0 Å². The van der Waals surface area contributed by atoms with Crippen LogP contribution in [0.4, 0.5) is 30.5 Å². The average Bonchev–Trinajstić information content (AvgIpc) is 2.76. The first-order valence-electron chi connectivity index (χ1n) is 7.62. The minimum Gasteiger partial charge on any atom is -0.598 e. The van der Waals surface area contributed by atoms with Gasteiger partial charge in [-0.1, -0.05) is 10.3 Å². The van der Waals surface area contributed by atoms with E-state index < -0.39 is 22.1 Å². The number of alkyl halides is 3. The second kappa shape index (κ2) is 6.82. The summed E-state index contributed by atoms with van der Waals surface area (Å²) in [5.74, 6) is 0.0835. The van der Waals surface area contributed by atoms with E-state index in [-0.39, 0.29) is 24.7 Å². The van der Waals surface area contributed by atoms with Crippen LogP contribution in [0, 0.1) is 0 Å². The molecule has 140 valence electrons. The predicted octanol–water partition coefficient (Wildman–Crippen LogP) is 2.64. The Kier molecular flexibility index (Phi) is 4.86. The Labute approximate surface area is 149 Å². The van der Waals surface area contributed by atoms with Crippen LogP contribution >= 0.6 is 0 Å². The lowest BCUT2D eigenvalue weighted by Crippen LogP contribution is -2.36. The fourth-order valence-electron chi connectivity index (χ4n) is 2.49. The predicted molar refractivity (Wildman–Crippen MR) is 90.4 cm³/mol. The van der Waals surface area contributed by atoms with Crippen molar-refractivity contribution in [3.63, 3.8) is 0 Å². The number of aromatic nitrogens is 2. The Morgan fingerprint density at radius 1 is 1.38 bits per heavy atom. The Morgan fingerprint density at radius 2 is 2.15 bits per heavy atom. The molecule has 0 radical (unpaired) electrons. The number of rotatable bonds is 3. The third kappa shape index (κ3) is 4.29. The third-order valence-electron chi connectivity index (χ3n) is 3.79. The summed E-state index contributed by atoms with van der Waals surface area (Å²) in [6.45, 7) is 0.746. The van der Waals surface area contributed by atoms with E-state index in [0.29, 0.717) is 17.9 Å². The van der Waals surface area contributed by atoms with Crippen molar-refractivity contribution in [2.45, 2.75) is 12.7 Å². The molecule has 0 bridgehead atoms. The summed E-state index contributed by atoms with van der Waals surface area (Å²) in [4.78, 5) is 8.33. The highest BCUT2D eigenvalue weighted by Crippen LogP contribution is 2.31. The van der Waals surface area contributed by atoms with Crippen LogP contribution in [0.1, 0.15) is 11.3 Å². The lowest BCUT2D eigenvalue weighted by molar-refractivity contribution is -0.137. The topological polar surface area (TPSA) is 93.2 Å². The number of hydrogen-bond acceptors (Lipinski definition) is 6. The molecule has 1 aromatic heterocycles. The molecule has 3 rings (SSSR count). The number of hydrogen-bond donors (Lipinski definition) is 2. The molecule has 2 aromatic rings. The van der Waals surface area contributed by atoms with Gasteiger partial charge in [-0.05, 0) is 18.2 Å². The van der Waals surface area contributed by atoms with Gasteiger partial charge < -0.3 is 15.2 Å². The van der Waals surface area contributed by atoms with Gasteiger partial charge in [-0.3, -0.25) is 0 Å². The summed E-state index contributed by atoms with van der Waals surface area (Å²) in [6.07, 6.45) is -1.86. The highest BCUT2D eigenvalue weighted by molar-refractivity contribution is 7.94. The number of halogens is 3. The molecule has 0 saturated carbocycles. The zero-order chi connectivity index (χ0) is 18.9. The average molecular weight is 387 g/mol. The van der Waals surface area contributed by atoms with Crippen LogP contribution in [0.15, 0.2) is 30.5 Å². The van der Waals surface area contributed by atoms with E-state index in [1.807, 2.05) is 0 Å². The van der Waals surface area contributed by atoms with Gasteiger partial charge in [-0.2, -0.15) is 13.2 Å². The molecule has 1 aliphatic heterocycles. The number of anilines is 3. The smallest absolute Gasteiger partial charge is 0.416 e. The van der Waals surface area contributed by atoms with Gasteiger partial charge in [0.05, 0.1) is 36.2 Å². The quantitative estimate of drug-likeness (QED) is 0.787. The maximum Gasteiger partial charge on any atom is 0.416 e. The van der Waals surface area contributed by atoms with Gasteiger partial charge in [-0.25, -0.2) is 9.97 Å². The van der Waals surface area contributed by atoms with E-state index in [0.717, 1.165) is 18.4 Å². The number of benzene rings is 1. The van der Waals surface area contributed by atoms with Gasteiger partial charge in [0, 0.05) is 12.2 Å². The van der Waals surface area contributed by atoms with Crippen molar-refractivity contribution < 1.29 is 21.9 Å². The first kappa shape index (κ1) is 18.5. The molecule has 0 aliphatic carbocycles. The molecule has 0 fully saturated rings. The Hall–Kier alpha value is -2.24. The van der Waals surface area contributed by atoms with Crippen LogP contribution in [0.25, 0.3) is 0 Å². The lowest BCUT2D eigenvalue weighted by atomic mass is 10.2. The highest BCUT2D eigenvalue weighted by Gasteiger charge is 2.30. The van der Waals surface area contributed by atoms with E-state index in [9.17, 15) is 21.9 Å². The SMILES string of the molecule is C[S+](=O)([O-])N1CCNc2cnc(Nc3cccc(C(F)(F)F)c3)nc2C1. The normalized spacial score (nSPS) is 17.6. The molecule has 26 heavy (non-hydrogen) atoms. The van der Waals surface area contributed by atoms with Gasteiger partial charge in [0.2, 0.25) is 5.95 Å². The Morgan fingerprint density at radius 3 is 2.85 bits per heavy atom. The van der Waals surface area contributed by atoms with Crippen molar-refractivity contribution in [1.29, 1.82) is 0 Å². The van der Waals surface area contributed by atoms with Crippen molar-refractivity contribution in [3.05, 3.63) is 41.7 Å². The maximum atomic E-state index is 12.8. The van der Waals surface area contributed by atoms with Gasteiger partial charge in [0.1, 0.15) is 16.7 Å². The summed E-state index contributed by atoms with van der Waals surface area (Å²) in [6, 6.07) is 4.67. The molecule has 1 aromatic carbocycles. The molecular weight excluding hydrogens is 371 g/mol. The zero-order valence-electron chi connectivity index (χ0n) is 13.7. The van der Waals surface area contributed by atoms with Crippen molar-refractivity contribution in [2.24, 2.45) is 0 Å².